The summed E-state index contributed by atoms with van der Waals surface area (Å²) in [4.78, 5) is 62.8. The number of nitrogens with one attached hydrogen (secondary N) is 1. The molecule has 8 rings (SSSR count). The molecule has 4 amide bonds. The van der Waals surface area contributed by atoms with Gasteiger partial charge in [-0.1, -0.05) is 55.4 Å². The number of H-pyrrole nitrogens is 1. The van der Waals surface area contributed by atoms with Gasteiger partial charge in [0.2, 0.25) is 6.29 Å². The van der Waals surface area contributed by atoms with Gasteiger partial charge in [-0.25, -0.2) is 5.84 Å². The van der Waals surface area contributed by atoms with E-state index in [0.29, 0.717) is 84.1 Å². The zero-order chi connectivity index (χ0) is 71.3. The van der Waals surface area contributed by atoms with Crippen molar-refractivity contribution in [1.29, 1.82) is 0 Å². The first-order chi connectivity index (χ1) is 45.5. The van der Waals surface area contributed by atoms with E-state index in [1.807, 2.05) is 74.4 Å². The Bertz CT molecular complexity index is 3840. The molecule has 27 nitrogen and oxygen atoms in total. The van der Waals surface area contributed by atoms with Crippen LogP contribution < -0.4 is 43.8 Å². The van der Waals surface area contributed by atoms with Crippen LogP contribution >= 0.6 is 11.6 Å². The largest absolute Gasteiger partial charge is 0.501 e. The normalized spacial score (nSPS) is 19.5. The fraction of sp³-hybridized carbons (Fsp3) is 0.529. The van der Waals surface area contributed by atoms with Gasteiger partial charge in [0.15, 0.2) is 28.7 Å². The molecule has 0 bridgehead atoms. The molecule has 6 atom stereocenters. The van der Waals surface area contributed by atoms with E-state index < -0.39 is 93.2 Å². The minimum Gasteiger partial charge on any atom is -0.497 e. The number of alkyl halides is 1. The number of allylic oxidation sites excluding steroid dienone is 1. The maximum Gasteiger partial charge on any atom is 0.501 e. The van der Waals surface area contributed by atoms with E-state index in [9.17, 15) is 48.0 Å². The lowest BCUT2D eigenvalue weighted by atomic mass is 9.88. The zero-order valence-electron chi connectivity index (χ0n) is 57.3. The number of imide groups is 1. The lowest BCUT2D eigenvalue weighted by molar-refractivity contribution is -0.277. The number of carbonyl (C=O) groups is 4. The zero-order valence-corrected chi connectivity index (χ0v) is 58.8. The van der Waals surface area contributed by atoms with E-state index in [4.69, 9.17) is 64.7 Å². The molecule has 0 aliphatic carbocycles. The number of halogens is 1. The molecule has 5 aromatic rings. The summed E-state index contributed by atoms with van der Waals surface area (Å²) in [5.41, 5.74) is 6.58. The van der Waals surface area contributed by atoms with Crippen LogP contribution in [0.1, 0.15) is 94.1 Å². The first kappa shape index (κ1) is 75.3. The second-order valence-electron chi connectivity index (χ2n) is 28.4. The first-order valence-corrected chi connectivity index (χ1v) is 33.5. The van der Waals surface area contributed by atoms with Crippen molar-refractivity contribution in [3.05, 3.63) is 102 Å². The summed E-state index contributed by atoms with van der Waals surface area (Å²) in [6, 6.07) is 15.0. The second-order valence-corrected chi connectivity index (χ2v) is 29.9. The van der Waals surface area contributed by atoms with Crippen molar-refractivity contribution in [2.24, 2.45) is 33.2 Å². The van der Waals surface area contributed by atoms with Crippen molar-refractivity contribution < 1.29 is 89.5 Å². The Kier molecular flexibility index (Phi) is 23.9. The molecule has 4 aromatic carbocycles. The number of aliphatic hydroxyl groups excluding tert-OH is 4. The van der Waals surface area contributed by atoms with Crippen LogP contribution in [0.4, 0.5) is 5.69 Å². The smallest absolute Gasteiger partial charge is 0.497 e. The third kappa shape index (κ3) is 18.8. The number of nitrogens with zero attached hydrogens (tertiary/aromatic N) is 5. The number of nitrogens with two attached hydrogens (primary N) is 2. The molecule has 3 aliphatic heterocycles. The number of ether oxygens (including phenoxy) is 7. The van der Waals surface area contributed by atoms with Crippen LogP contribution in [0.25, 0.3) is 21.7 Å². The number of likely N-dealkylation sites (N-methyl/N-ethyl adjacent to an activating group) is 1. The van der Waals surface area contributed by atoms with E-state index >= 15 is 0 Å². The fourth-order valence-electron chi connectivity index (χ4n) is 12.0. The van der Waals surface area contributed by atoms with Gasteiger partial charge in [-0.2, -0.15) is 0 Å². The molecule has 1 aromatic heterocycles. The number of amides is 4. The van der Waals surface area contributed by atoms with Gasteiger partial charge in [0, 0.05) is 126 Å². The molecule has 0 radical (unpaired) electrons. The fourth-order valence-corrected chi connectivity index (χ4v) is 13.0. The lowest BCUT2D eigenvalue weighted by Gasteiger charge is -2.39. The van der Waals surface area contributed by atoms with Crippen LogP contribution in [0.15, 0.2) is 84.7 Å². The summed E-state index contributed by atoms with van der Waals surface area (Å²) in [7, 11) is 3.08. The Morgan fingerprint density at radius 3 is 2.05 bits per heavy atom. The quantitative estimate of drug-likeness (QED) is 0.0116. The minimum absolute atomic E-state index is 0.0641. The van der Waals surface area contributed by atoms with Crippen LogP contribution in [0.3, 0.4) is 0 Å². The highest BCUT2D eigenvalue weighted by molar-refractivity contribution is 7.82. The van der Waals surface area contributed by atoms with Crippen molar-refractivity contribution >= 4 is 73.0 Å². The van der Waals surface area contributed by atoms with Crippen molar-refractivity contribution in [3.8, 4) is 34.5 Å². The number of hydrogen-bond acceptors (Lipinski definition) is 23. The number of hydrogen-bond donors (Lipinski definition) is 7. The summed E-state index contributed by atoms with van der Waals surface area (Å²) >= 11 is 6.67. The van der Waals surface area contributed by atoms with Gasteiger partial charge in [0.1, 0.15) is 42.5 Å². The minimum atomic E-state index is -5.31. The molecular formula is C68H93ClN8O19S. The predicted molar refractivity (Wildman–Crippen MR) is 363 cm³/mol. The molecule has 4 heterocycles. The van der Waals surface area contributed by atoms with Gasteiger partial charge < -0.3 is 92.4 Å². The van der Waals surface area contributed by atoms with Crippen molar-refractivity contribution in [2.75, 3.05) is 119 Å². The molecule has 29 heteroatoms. The first-order valence-electron chi connectivity index (χ1n) is 31.6. The number of fused-ring (bicyclic) bond motifs is 4. The Morgan fingerprint density at radius 1 is 0.763 bits per heavy atom. The van der Waals surface area contributed by atoms with Gasteiger partial charge in [-0.15, -0.1) is 20.0 Å². The molecular weight excluding hydrogens is 1300 g/mol. The third-order valence-electron chi connectivity index (χ3n) is 16.6. The summed E-state index contributed by atoms with van der Waals surface area (Å²) in [6.07, 6.45) is -4.15. The third-order valence-corrected chi connectivity index (χ3v) is 17.7. The Balaban J connectivity index is 0.976. The summed E-state index contributed by atoms with van der Waals surface area (Å²) < 4.78 is 82.1. The van der Waals surface area contributed by atoms with E-state index in [-0.39, 0.29) is 84.0 Å². The molecule has 2 unspecified atom stereocenters. The molecule has 0 spiro atoms. The number of carbonyl (C=O) groups excluding carboxylic acids is 4. The van der Waals surface area contributed by atoms with Crippen molar-refractivity contribution in [1.82, 2.24) is 24.7 Å². The second kappa shape index (κ2) is 30.7. The van der Waals surface area contributed by atoms with E-state index in [2.05, 4.69) is 4.98 Å². The molecule has 0 saturated carbocycles. The number of aromatic nitrogens is 1. The molecule has 3 aliphatic rings. The summed E-state index contributed by atoms with van der Waals surface area (Å²) in [5, 5.41) is 45.1. The molecule has 1 saturated heterocycles. The van der Waals surface area contributed by atoms with Crippen molar-refractivity contribution in [3.63, 3.8) is 0 Å². The number of benzene rings is 4. The van der Waals surface area contributed by atoms with Gasteiger partial charge in [-0.05, 0) is 85.4 Å². The molecule has 532 valence electrons. The number of aliphatic hydroxyl groups is 4. The van der Waals surface area contributed by atoms with E-state index in [0.717, 1.165) is 6.07 Å². The molecule has 9 N–H and O–H groups in total. The van der Waals surface area contributed by atoms with Crippen LogP contribution in [-0.2, 0) is 34.2 Å². The Morgan fingerprint density at radius 2 is 1.41 bits per heavy atom. The lowest BCUT2D eigenvalue weighted by Crippen LogP contribution is -2.60. The van der Waals surface area contributed by atoms with Crippen LogP contribution in [0.5, 0.6) is 34.5 Å². The van der Waals surface area contributed by atoms with Gasteiger partial charge in [0.05, 0.1) is 52.9 Å². The summed E-state index contributed by atoms with van der Waals surface area (Å²) in [5.74, 6) is 4.30. The Hall–Kier alpha value is -7.48. The van der Waals surface area contributed by atoms with Gasteiger partial charge in [0.25, 0.3) is 23.6 Å². The monoisotopic (exact) mass is 1390 g/mol. The maximum atomic E-state index is 14.8. The van der Waals surface area contributed by atoms with Crippen molar-refractivity contribution in [2.45, 2.75) is 98.4 Å². The number of methoxy groups -OCH3 is 2. The number of anilines is 1. The van der Waals surface area contributed by atoms with Crippen LogP contribution in [-0.4, -0.2) is 221 Å². The standard InChI is InChI=1S/C68H93ClN8O19S/c1-65(2,36-90-39-68(7,8)35-77-56(79)18-19-57(77)80)28-43(70)31-75(71)34-67(5,6)38-91-37-66(3,4)33-74(11)62(84)40-14-17-50(93-64-61(83)60(82)59(81)55(32-78)94-64)54(23-40)96-97(86,87)95-51-27-49-58(46-25-44(88-12)15-16-45(46)51)42(29-69)30-76(49)63(85)48-22-41-24-53(92-21-20-73(9)10)52(89-13)26-47(41)72-48/h14-19,22-27,31,42,55,59-61,64,72,78,81-83H,20-21,28-30,32-39,70-71H2,1-13H3/b43-31-/t42?,55-,59+,60+,61?,64-/m1/s1. The average Bonchev–Trinajstić information content (AvgIpc) is 1.62. The number of hydrazine groups is 1. The highest BCUT2D eigenvalue weighted by Gasteiger charge is 2.46. The van der Waals surface area contributed by atoms with Gasteiger partial charge in [-0.3, -0.25) is 24.1 Å². The Labute approximate surface area is 570 Å². The van der Waals surface area contributed by atoms with E-state index in [1.165, 1.54) is 64.3 Å². The predicted octanol–water partition coefficient (Wildman–Crippen LogP) is 5.64. The SMILES string of the molecule is COc1ccc2c(OS(=O)(=O)Oc3cc(C(=O)N(C)CC(C)(C)COCC(C)(C)CN(N)/C=C(\N)CC(C)(C)COCC(C)(C)CN4C(=O)C=CC4=O)ccc3O[C@@H]3O[C@H](CO)[C@H](O)[C@H](O)C3O)cc3c(c2c1)C(CCl)CN3C(=O)c1cc2cc(OCCN(C)C)c(OC)cc2[nH]1. The highest BCUT2D eigenvalue weighted by atomic mass is 35.5. The average molecular weight is 1390 g/mol. The number of aromatic amines is 1. The van der Waals surface area contributed by atoms with Crippen LogP contribution in [0.2, 0.25) is 0 Å². The molecule has 97 heavy (non-hydrogen) atoms. The maximum absolute atomic E-state index is 14.8. The van der Waals surface area contributed by atoms with Gasteiger partial charge >= 0.3 is 10.4 Å². The summed E-state index contributed by atoms with van der Waals surface area (Å²) in [6.45, 7) is 17.8. The molecule has 1 fully saturated rings. The number of rotatable bonds is 33. The topological polar surface area (TPSA) is 350 Å². The van der Waals surface area contributed by atoms with E-state index in [1.54, 1.807) is 49.6 Å². The van der Waals surface area contributed by atoms with Crippen LogP contribution in [0, 0.1) is 21.7 Å². The highest BCUT2D eigenvalue weighted by Crippen LogP contribution is 2.48.